The van der Waals surface area contributed by atoms with Crippen molar-refractivity contribution >= 4 is 34.2 Å². The minimum atomic E-state index is -1.34. The van der Waals surface area contributed by atoms with E-state index in [1.54, 1.807) is 4.57 Å². The number of nitrogens with one attached hydrogen (secondary N) is 1. The van der Waals surface area contributed by atoms with Gasteiger partial charge in [0, 0.05) is 18.8 Å². The third-order valence-corrected chi connectivity index (χ3v) is 5.15. The van der Waals surface area contributed by atoms with Gasteiger partial charge in [0.15, 0.2) is 0 Å². The number of rotatable bonds is 4. The predicted octanol–water partition coefficient (Wildman–Crippen LogP) is 4.26. The first-order valence-electron chi connectivity index (χ1n) is 8.49. The lowest BCUT2D eigenvalue weighted by Gasteiger charge is -2.25. The molecule has 0 spiro atoms. The molecule has 2 N–H and O–H groups in total. The molecular weight excluding hydrogens is 347 g/mol. The van der Waals surface area contributed by atoms with Gasteiger partial charge < -0.3 is 15.0 Å². The number of nitrogens with zero attached hydrogens (tertiary/aromatic N) is 1. The number of aromatic nitrogens is 1. The maximum absolute atomic E-state index is 14.6. The average Bonchev–Trinajstić information content (AvgIpc) is 2.60. The molecule has 1 aliphatic rings. The van der Waals surface area contributed by atoms with Crippen LogP contribution in [0.25, 0.3) is 10.9 Å². The third kappa shape index (κ3) is 3.23. The highest BCUT2D eigenvalue weighted by Gasteiger charge is 2.22. The molecular formula is C18H20ClFN2O3. The Morgan fingerprint density at radius 2 is 2.08 bits per heavy atom. The second kappa shape index (κ2) is 7.04. The van der Waals surface area contributed by atoms with E-state index in [1.165, 1.54) is 12.6 Å². The summed E-state index contributed by atoms with van der Waals surface area (Å²) in [5.74, 6) is -1.97. The van der Waals surface area contributed by atoms with E-state index in [-0.39, 0.29) is 22.1 Å². The molecule has 25 heavy (non-hydrogen) atoms. The van der Waals surface area contributed by atoms with Crippen LogP contribution in [0.4, 0.5) is 10.1 Å². The summed E-state index contributed by atoms with van der Waals surface area (Å²) >= 11 is 6.44. The zero-order chi connectivity index (χ0) is 18.1. The molecule has 0 bridgehead atoms. The van der Waals surface area contributed by atoms with Gasteiger partial charge in [-0.3, -0.25) is 4.79 Å². The lowest BCUT2D eigenvalue weighted by molar-refractivity contribution is 0.0695. The fourth-order valence-corrected chi connectivity index (χ4v) is 3.83. The van der Waals surface area contributed by atoms with Crippen LogP contribution in [0, 0.1) is 5.82 Å². The van der Waals surface area contributed by atoms with Gasteiger partial charge >= 0.3 is 5.97 Å². The Hall–Kier alpha value is -2.08. The topological polar surface area (TPSA) is 71.3 Å². The summed E-state index contributed by atoms with van der Waals surface area (Å²) in [4.78, 5) is 23.7. The van der Waals surface area contributed by atoms with Crippen LogP contribution in [0.2, 0.25) is 5.02 Å². The SMILES string of the molecule is CCn1cc(C(=O)O)c(=O)c2cc(F)c(NC3CCCCC3)c(Cl)c21. The minimum Gasteiger partial charge on any atom is -0.477 e. The molecule has 1 aromatic heterocycles. The van der Waals surface area contributed by atoms with Crippen LogP contribution in [0.5, 0.6) is 0 Å². The van der Waals surface area contributed by atoms with E-state index in [0.717, 1.165) is 31.7 Å². The monoisotopic (exact) mass is 366 g/mol. The number of aromatic carboxylic acids is 1. The van der Waals surface area contributed by atoms with E-state index < -0.39 is 22.8 Å². The molecule has 1 aliphatic carbocycles. The van der Waals surface area contributed by atoms with E-state index in [2.05, 4.69) is 5.32 Å². The van der Waals surface area contributed by atoms with Crippen LogP contribution in [0.1, 0.15) is 49.4 Å². The van der Waals surface area contributed by atoms with E-state index >= 15 is 0 Å². The fraction of sp³-hybridized carbons (Fsp3) is 0.444. The Morgan fingerprint density at radius 3 is 2.68 bits per heavy atom. The lowest BCUT2D eigenvalue weighted by Crippen LogP contribution is -2.24. The number of pyridine rings is 1. The van der Waals surface area contributed by atoms with Crippen molar-refractivity contribution in [3.63, 3.8) is 0 Å². The molecule has 3 rings (SSSR count). The zero-order valence-corrected chi connectivity index (χ0v) is 14.7. The summed E-state index contributed by atoms with van der Waals surface area (Å²) in [5.41, 5.74) is -0.570. The molecule has 1 aromatic carbocycles. The first-order valence-corrected chi connectivity index (χ1v) is 8.86. The van der Waals surface area contributed by atoms with Crippen molar-refractivity contribution in [1.29, 1.82) is 0 Å². The van der Waals surface area contributed by atoms with Crippen LogP contribution in [-0.2, 0) is 6.54 Å². The Kier molecular flexibility index (Phi) is 4.99. The summed E-state index contributed by atoms with van der Waals surface area (Å²) in [6.07, 6.45) is 6.53. The Balaban J connectivity index is 2.20. The van der Waals surface area contributed by atoms with E-state index in [1.807, 2.05) is 6.92 Å². The number of anilines is 1. The molecule has 0 atom stereocenters. The van der Waals surface area contributed by atoms with Crippen molar-refractivity contribution < 1.29 is 14.3 Å². The van der Waals surface area contributed by atoms with Gasteiger partial charge in [0.1, 0.15) is 11.4 Å². The van der Waals surface area contributed by atoms with Gasteiger partial charge in [-0.1, -0.05) is 30.9 Å². The van der Waals surface area contributed by atoms with Gasteiger partial charge in [0.05, 0.1) is 21.6 Å². The average molecular weight is 367 g/mol. The first-order chi connectivity index (χ1) is 11.9. The number of hydrogen-bond donors (Lipinski definition) is 2. The molecule has 7 heteroatoms. The normalized spacial score (nSPS) is 15.5. The maximum atomic E-state index is 14.6. The molecule has 0 unspecified atom stereocenters. The van der Waals surface area contributed by atoms with E-state index in [0.29, 0.717) is 12.1 Å². The van der Waals surface area contributed by atoms with Crippen molar-refractivity contribution in [2.75, 3.05) is 5.32 Å². The number of carboxylic acid groups (broad SMARTS) is 1. The first kappa shape index (κ1) is 17.7. The van der Waals surface area contributed by atoms with Gasteiger partial charge in [-0.05, 0) is 25.8 Å². The highest BCUT2D eigenvalue weighted by atomic mass is 35.5. The number of carboxylic acids is 1. The largest absolute Gasteiger partial charge is 0.477 e. The van der Waals surface area contributed by atoms with Crippen molar-refractivity contribution in [2.45, 2.75) is 51.6 Å². The second-order valence-corrected chi connectivity index (χ2v) is 6.76. The van der Waals surface area contributed by atoms with Crippen LogP contribution >= 0.6 is 11.6 Å². The summed E-state index contributed by atoms with van der Waals surface area (Å²) in [6.45, 7) is 2.22. The van der Waals surface area contributed by atoms with Gasteiger partial charge in [-0.15, -0.1) is 0 Å². The van der Waals surface area contributed by atoms with E-state index in [4.69, 9.17) is 11.6 Å². The molecule has 0 radical (unpaired) electrons. The molecule has 1 fully saturated rings. The van der Waals surface area contributed by atoms with Crippen molar-refractivity contribution in [3.05, 3.63) is 38.9 Å². The standard InChI is InChI=1S/C18H20ClFN2O3/c1-2-22-9-12(18(24)25)17(23)11-8-13(20)15(14(19)16(11)22)21-10-6-4-3-5-7-10/h8-10,21H,2-7H2,1H3,(H,24,25). The summed E-state index contributed by atoms with van der Waals surface area (Å²) in [6, 6.07) is 1.24. The third-order valence-electron chi connectivity index (χ3n) is 4.78. The van der Waals surface area contributed by atoms with Crippen molar-refractivity contribution in [2.24, 2.45) is 0 Å². The number of hydrogen-bond acceptors (Lipinski definition) is 3. The molecule has 0 aliphatic heterocycles. The molecule has 2 aromatic rings. The smallest absolute Gasteiger partial charge is 0.341 e. The number of halogens is 2. The summed E-state index contributed by atoms with van der Waals surface area (Å²) < 4.78 is 16.2. The molecule has 1 saturated carbocycles. The van der Waals surface area contributed by atoms with Crippen molar-refractivity contribution in [3.8, 4) is 0 Å². The van der Waals surface area contributed by atoms with Crippen LogP contribution < -0.4 is 10.7 Å². The molecule has 1 heterocycles. The summed E-state index contributed by atoms with van der Waals surface area (Å²) in [7, 11) is 0. The van der Waals surface area contributed by atoms with Crippen molar-refractivity contribution in [1.82, 2.24) is 4.57 Å². The fourth-order valence-electron chi connectivity index (χ4n) is 3.47. The van der Waals surface area contributed by atoms with Gasteiger partial charge in [-0.25, -0.2) is 9.18 Å². The van der Waals surface area contributed by atoms with E-state index in [9.17, 15) is 19.1 Å². The molecule has 0 amide bonds. The number of aryl methyl sites for hydroxylation is 1. The molecule has 0 saturated heterocycles. The number of fused-ring (bicyclic) bond motifs is 1. The summed E-state index contributed by atoms with van der Waals surface area (Å²) in [5, 5.41) is 12.5. The highest BCUT2D eigenvalue weighted by molar-refractivity contribution is 6.38. The Bertz CT molecular complexity index is 888. The van der Waals surface area contributed by atoms with Crippen LogP contribution in [-0.4, -0.2) is 21.7 Å². The lowest BCUT2D eigenvalue weighted by atomic mass is 9.95. The number of carbonyl (C=O) groups is 1. The van der Waals surface area contributed by atoms with Gasteiger partial charge in [0.25, 0.3) is 0 Å². The quantitative estimate of drug-likeness (QED) is 0.848. The molecule has 134 valence electrons. The van der Waals surface area contributed by atoms with Gasteiger partial charge in [-0.2, -0.15) is 0 Å². The second-order valence-electron chi connectivity index (χ2n) is 6.39. The highest BCUT2D eigenvalue weighted by Crippen LogP contribution is 2.35. The minimum absolute atomic E-state index is 0.0153. The Labute approximate surface area is 149 Å². The predicted molar refractivity (Wildman–Crippen MR) is 96.3 cm³/mol. The zero-order valence-electron chi connectivity index (χ0n) is 13.9. The Morgan fingerprint density at radius 1 is 1.40 bits per heavy atom. The van der Waals surface area contributed by atoms with Crippen LogP contribution in [0.3, 0.4) is 0 Å². The number of benzene rings is 1. The van der Waals surface area contributed by atoms with Gasteiger partial charge in [0.2, 0.25) is 5.43 Å². The molecule has 5 nitrogen and oxygen atoms in total. The van der Waals surface area contributed by atoms with Crippen LogP contribution in [0.15, 0.2) is 17.1 Å². The maximum Gasteiger partial charge on any atom is 0.341 e.